The second-order valence-electron chi connectivity index (χ2n) is 6.43. The zero-order chi connectivity index (χ0) is 18.7. The van der Waals surface area contributed by atoms with Gasteiger partial charge in [-0.3, -0.25) is 4.72 Å². The zero-order valence-electron chi connectivity index (χ0n) is 15.3. The molecule has 1 aromatic carbocycles. The van der Waals surface area contributed by atoms with Crippen LogP contribution in [-0.2, 0) is 10.0 Å². The molecule has 0 spiro atoms. The molecule has 0 atom stereocenters. The Balaban J connectivity index is 1.72. The topological polar surface area (TPSA) is 74.8 Å². The first-order valence-electron chi connectivity index (χ1n) is 8.46. The average Bonchev–Trinajstić information content (AvgIpc) is 2.63. The van der Waals surface area contributed by atoms with Crippen LogP contribution in [0.1, 0.15) is 5.56 Å². The number of aromatic nitrogens is 1. The molecule has 26 heavy (non-hydrogen) atoms. The predicted octanol–water partition coefficient (Wildman–Crippen LogP) is 1.95. The minimum atomic E-state index is -3.69. The van der Waals surface area contributed by atoms with E-state index in [-0.39, 0.29) is 4.90 Å². The molecule has 1 N–H and O–H groups in total. The van der Waals surface area contributed by atoms with E-state index in [0.29, 0.717) is 11.6 Å². The lowest BCUT2D eigenvalue weighted by Gasteiger charge is -2.33. The van der Waals surface area contributed by atoms with Crippen molar-refractivity contribution < 1.29 is 13.2 Å². The number of nitrogens with one attached hydrogen (secondary N) is 1. The lowest BCUT2D eigenvalue weighted by molar-refractivity contribution is 0.313. The van der Waals surface area contributed by atoms with E-state index in [1.807, 2.05) is 6.07 Å². The van der Waals surface area contributed by atoms with Crippen molar-refractivity contribution in [2.24, 2.45) is 0 Å². The van der Waals surface area contributed by atoms with E-state index in [1.54, 1.807) is 38.4 Å². The lowest BCUT2D eigenvalue weighted by Crippen LogP contribution is -2.44. The number of piperazine rings is 1. The third-order valence-electron chi connectivity index (χ3n) is 4.53. The van der Waals surface area contributed by atoms with E-state index < -0.39 is 10.0 Å². The number of hydrogen-bond acceptors (Lipinski definition) is 6. The van der Waals surface area contributed by atoms with Gasteiger partial charge in [-0.15, -0.1) is 0 Å². The molecule has 0 unspecified atom stereocenters. The molecule has 0 bridgehead atoms. The third kappa shape index (κ3) is 4.08. The normalized spacial score (nSPS) is 15.7. The molecule has 3 rings (SSSR count). The van der Waals surface area contributed by atoms with Crippen molar-refractivity contribution in [1.29, 1.82) is 0 Å². The van der Waals surface area contributed by atoms with Gasteiger partial charge in [-0.25, -0.2) is 13.4 Å². The molecule has 1 aliphatic rings. The average molecular weight is 376 g/mol. The maximum atomic E-state index is 12.6. The minimum absolute atomic E-state index is 0.181. The van der Waals surface area contributed by atoms with Gasteiger partial charge in [0.1, 0.15) is 11.6 Å². The first-order chi connectivity index (χ1) is 12.4. The van der Waals surface area contributed by atoms with Crippen LogP contribution in [-0.4, -0.2) is 58.6 Å². The summed E-state index contributed by atoms with van der Waals surface area (Å²) < 4.78 is 32.8. The quantitative estimate of drug-likeness (QED) is 0.860. The first-order valence-corrected chi connectivity index (χ1v) is 9.94. The number of sulfonamides is 1. The van der Waals surface area contributed by atoms with Crippen LogP contribution in [0.5, 0.6) is 5.75 Å². The summed E-state index contributed by atoms with van der Waals surface area (Å²) in [5, 5.41) is 0. The lowest BCUT2D eigenvalue weighted by atomic mass is 10.2. The van der Waals surface area contributed by atoms with Crippen molar-refractivity contribution in [3.63, 3.8) is 0 Å². The highest BCUT2D eigenvalue weighted by Crippen LogP contribution is 2.23. The molecule has 140 valence electrons. The van der Waals surface area contributed by atoms with Gasteiger partial charge >= 0.3 is 0 Å². The Morgan fingerprint density at radius 3 is 2.42 bits per heavy atom. The largest absolute Gasteiger partial charge is 0.496 e. The number of methoxy groups -OCH3 is 1. The molecule has 0 saturated carbocycles. The number of pyridine rings is 1. The van der Waals surface area contributed by atoms with Crippen molar-refractivity contribution in [3.05, 3.63) is 42.1 Å². The van der Waals surface area contributed by atoms with Crippen LogP contribution in [0.15, 0.2) is 41.4 Å². The summed E-state index contributed by atoms with van der Waals surface area (Å²) in [5.74, 6) is 0.954. The number of benzene rings is 1. The van der Waals surface area contributed by atoms with Crippen molar-refractivity contribution in [2.45, 2.75) is 11.8 Å². The van der Waals surface area contributed by atoms with Crippen molar-refractivity contribution in [1.82, 2.24) is 9.88 Å². The summed E-state index contributed by atoms with van der Waals surface area (Å²) in [6, 6.07) is 8.34. The Labute approximate surface area is 154 Å². The third-order valence-corrected chi connectivity index (χ3v) is 5.88. The second kappa shape index (κ2) is 7.51. The zero-order valence-corrected chi connectivity index (χ0v) is 16.1. The first kappa shape index (κ1) is 18.5. The molecule has 1 fully saturated rings. The number of aryl methyl sites for hydroxylation is 1. The van der Waals surface area contributed by atoms with E-state index in [2.05, 4.69) is 26.6 Å². The molecular weight excluding hydrogens is 352 g/mol. The maximum Gasteiger partial charge on any atom is 0.263 e. The fraction of sp³-hybridized carbons (Fsp3) is 0.389. The Morgan fingerprint density at radius 1 is 1.12 bits per heavy atom. The number of nitrogens with zero attached hydrogens (tertiary/aromatic N) is 3. The SMILES string of the molecule is COc1ccc(S(=O)(=O)Nc2ccc(N3CCN(C)CC3)cn2)cc1C. The van der Waals surface area contributed by atoms with Crippen LogP contribution >= 0.6 is 0 Å². The molecule has 2 aromatic rings. The van der Waals surface area contributed by atoms with E-state index >= 15 is 0 Å². The fourth-order valence-corrected chi connectivity index (χ4v) is 4.01. The summed E-state index contributed by atoms with van der Waals surface area (Å²) in [4.78, 5) is 8.98. The minimum Gasteiger partial charge on any atom is -0.496 e. The van der Waals surface area contributed by atoms with Crippen molar-refractivity contribution >= 4 is 21.5 Å². The molecule has 2 heterocycles. The number of anilines is 2. The Bertz CT molecular complexity index is 861. The highest BCUT2D eigenvalue weighted by Gasteiger charge is 2.18. The monoisotopic (exact) mass is 376 g/mol. The summed E-state index contributed by atoms with van der Waals surface area (Å²) in [7, 11) is -0.0325. The standard InChI is InChI=1S/C18H24N4O3S/c1-14-12-16(5-6-17(14)25-3)26(23,24)20-18-7-4-15(13-19-18)22-10-8-21(2)9-11-22/h4-7,12-13H,8-11H2,1-3H3,(H,19,20). The van der Waals surface area contributed by atoms with Crippen molar-refractivity contribution in [2.75, 3.05) is 50.0 Å². The van der Waals surface area contributed by atoms with Crippen LogP contribution in [0, 0.1) is 6.92 Å². The van der Waals surface area contributed by atoms with E-state index in [4.69, 9.17) is 4.74 Å². The highest BCUT2D eigenvalue weighted by molar-refractivity contribution is 7.92. The van der Waals surface area contributed by atoms with Gasteiger partial charge in [-0.1, -0.05) is 0 Å². The molecular formula is C18H24N4O3S. The number of hydrogen-bond donors (Lipinski definition) is 1. The Kier molecular flexibility index (Phi) is 5.33. The van der Waals surface area contributed by atoms with Gasteiger partial charge in [0.15, 0.2) is 0 Å². The molecule has 8 heteroatoms. The van der Waals surface area contributed by atoms with Gasteiger partial charge < -0.3 is 14.5 Å². The Morgan fingerprint density at radius 2 is 1.85 bits per heavy atom. The molecule has 1 aliphatic heterocycles. The van der Waals surface area contributed by atoms with Crippen LogP contribution in [0.4, 0.5) is 11.5 Å². The second-order valence-corrected chi connectivity index (χ2v) is 8.11. The van der Waals surface area contributed by atoms with E-state index in [0.717, 1.165) is 37.4 Å². The molecule has 0 amide bonds. The molecule has 7 nitrogen and oxygen atoms in total. The van der Waals surface area contributed by atoms with Crippen LogP contribution in [0.25, 0.3) is 0 Å². The Hall–Kier alpha value is -2.32. The van der Waals surface area contributed by atoms with Crippen LogP contribution < -0.4 is 14.4 Å². The van der Waals surface area contributed by atoms with Gasteiger partial charge in [-0.2, -0.15) is 0 Å². The van der Waals surface area contributed by atoms with Gasteiger partial charge in [0.2, 0.25) is 0 Å². The van der Waals surface area contributed by atoms with Gasteiger partial charge in [0.25, 0.3) is 10.0 Å². The summed E-state index contributed by atoms with van der Waals surface area (Å²) >= 11 is 0. The van der Waals surface area contributed by atoms with E-state index in [1.165, 1.54) is 6.07 Å². The van der Waals surface area contributed by atoms with Crippen LogP contribution in [0.3, 0.4) is 0 Å². The number of likely N-dealkylation sites (N-methyl/N-ethyl adjacent to an activating group) is 1. The number of ether oxygens (including phenoxy) is 1. The number of rotatable bonds is 5. The van der Waals surface area contributed by atoms with Crippen molar-refractivity contribution in [3.8, 4) is 5.75 Å². The fourth-order valence-electron chi connectivity index (χ4n) is 2.91. The summed E-state index contributed by atoms with van der Waals surface area (Å²) in [5.41, 5.74) is 1.76. The predicted molar refractivity (Wildman–Crippen MR) is 102 cm³/mol. The van der Waals surface area contributed by atoms with E-state index in [9.17, 15) is 8.42 Å². The summed E-state index contributed by atoms with van der Waals surface area (Å²) in [6.07, 6.45) is 1.71. The van der Waals surface area contributed by atoms with Gasteiger partial charge in [-0.05, 0) is 49.9 Å². The highest BCUT2D eigenvalue weighted by atomic mass is 32.2. The molecule has 0 aliphatic carbocycles. The molecule has 1 aromatic heterocycles. The smallest absolute Gasteiger partial charge is 0.263 e. The van der Waals surface area contributed by atoms with Crippen LogP contribution in [0.2, 0.25) is 0 Å². The molecule has 0 radical (unpaired) electrons. The summed E-state index contributed by atoms with van der Waals surface area (Å²) in [6.45, 7) is 5.69. The van der Waals surface area contributed by atoms with Gasteiger partial charge in [0.05, 0.1) is 23.9 Å². The molecule has 1 saturated heterocycles. The maximum absolute atomic E-state index is 12.6. The van der Waals surface area contributed by atoms with Gasteiger partial charge in [0, 0.05) is 26.2 Å².